The summed E-state index contributed by atoms with van der Waals surface area (Å²) < 4.78 is 16.8. The molecule has 0 N–H and O–H groups in total. The number of rotatable bonds is 1. The van der Waals surface area contributed by atoms with Gasteiger partial charge in [-0.25, -0.2) is 9.13 Å². The molecule has 142 valence electrons. The van der Waals surface area contributed by atoms with Gasteiger partial charge in [-0.3, -0.25) is 0 Å². The summed E-state index contributed by atoms with van der Waals surface area (Å²) in [4.78, 5) is 2.06. The van der Waals surface area contributed by atoms with Gasteiger partial charge in [0.15, 0.2) is 0 Å². The average Bonchev–Trinajstić information content (AvgIpc) is 2.40. The van der Waals surface area contributed by atoms with Gasteiger partial charge < -0.3 is 16.7 Å². The number of nitrogens with zero attached hydrogens (tertiary/aromatic N) is 1. The maximum absolute atomic E-state index is 8.40. The zero-order valence-corrected chi connectivity index (χ0v) is 19.2. The first-order valence-corrected chi connectivity index (χ1v) is 11.4. The summed E-state index contributed by atoms with van der Waals surface area (Å²) in [5.74, 6) is 2.83. The van der Waals surface area contributed by atoms with Crippen LogP contribution in [0.4, 0.5) is 5.69 Å². The fraction of sp³-hybridized carbons (Fsp3) is 0.500. The predicted octanol–water partition coefficient (Wildman–Crippen LogP) is 6.53. The monoisotopic (exact) mass is 474 g/mol. The molecule has 0 atom stereocenters. The van der Waals surface area contributed by atoms with Crippen molar-refractivity contribution in [2.75, 3.05) is 19.0 Å². The molecule has 1 aromatic carbocycles. The Hall–Kier alpha value is 0.162. The van der Waals surface area contributed by atoms with Gasteiger partial charge in [-0.15, -0.1) is 12.1 Å². The van der Waals surface area contributed by atoms with E-state index in [1.807, 2.05) is 38.4 Å². The van der Waals surface area contributed by atoms with Crippen molar-refractivity contribution in [3.63, 3.8) is 0 Å². The molecule has 0 radical (unpaired) electrons. The van der Waals surface area contributed by atoms with Crippen molar-refractivity contribution in [1.29, 1.82) is 0 Å². The van der Waals surface area contributed by atoms with Crippen LogP contribution < -0.4 is 4.90 Å². The maximum atomic E-state index is 8.40. The zero-order chi connectivity index (χ0) is 19.3. The summed E-state index contributed by atoms with van der Waals surface area (Å²) in [7, 11) is 12.3. The van der Waals surface area contributed by atoms with Crippen molar-refractivity contribution < 1.29 is 25.1 Å². The van der Waals surface area contributed by atoms with Crippen molar-refractivity contribution >= 4 is 33.1 Å². The Balaban J connectivity index is -0.000000110. The second-order valence-corrected chi connectivity index (χ2v) is 7.81. The van der Waals surface area contributed by atoms with Crippen LogP contribution in [0.15, 0.2) is 24.3 Å². The molecule has 0 saturated heterocycles. The second kappa shape index (κ2) is 27.0. The molecule has 0 saturated carbocycles. The summed E-state index contributed by atoms with van der Waals surface area (Å²) in [6, 6.07) is 10.8. The molecule has 0 amide bonds. The molecular formula is C16H29Cl2NO2PPd-3. The van der Waals surface area contributed by atoms with Crippen LogP contribution in [0.25, 0.3) is 0 Å². The van der Waals surface area contributed by atoms with Gasteiger partial charge in [-0.2, -0.15) is 59.7 Å². The van der Waals surface area contributed by atoms with E-state index in [9.17, 15) is 0 Å². The molecule has 0 heterocycles. The molecule has 7 heteroatoms. The van der Waals surface area contributed by atoms with Crippen LogP contribution in [0.1, 0.15) is 41.5 Å². The van der Waals surface area contributed by atoms with Crippen molar-refractivity contribution in [1.82, 2.24) is 0 Å². The van der Waals surface area contributed by atoms with Crippen molar-refractivity contribution in [3.8, 4) is 0 Å². The minimum atomic E-state index is -1.42. The van der Waals surface area contributed by atoms with Gasteiger partial charge in [0.05, 0.1) is 0 Å². The standard InChI is InChI=1S/C8H10N.2C4H9.2ClH.HO2P.Pd/c1-9(2)8-6-4-3-5-7-8;2*1-4(2)3;;;1-3-2;/h4-7H,1-2H3;2*1-3H3;2*1H;3H;/q3*-1;;;;+2/p-2. The van der Waals surface area contributed by atoms with Crippen LogP contribution in [-0.2, 0) is 25.1 Å². The Kier molecular flexibility index (Phi) is 36.4. The Morgan fingerprint density at radius 2 is 1.17 bits per heavy atom. The van der Waals surface area contributed by atoms with Gasteiger partial charge in [0.1, 0.15) is 0 Å². The van der Waals surface area contributed by atoms with Crippen LogP contribution in [-0.4, -0.2) is 14.1 Å². The third-order valence-corrected chi connectivity index (χ3v) is 1.22. The minimum absolute atomic E-state index is 0.106. The van der Waals surface area contributed by atoms with E-state index in [0.29, 0.717) is 0 Å². The molecule has 1 aromatic rings. The fourth-order valence-electron chi connectivity index (χ4n) is 0.676. The third-order valence-electron chi connectivity index (χ3n) is 1.22. The van der Waals surface area contributed by atoms with Crippen molar-refractivity contribution in [2.45, 2.75) is 41.5 Å². The van der Waals surface area contributed by atoms with Crippen molar-refractivity contribution in [3.05, 3.63) is 42.2 Å². The number of hydrogen-bond acceptors (Lipinski definition) is 3. The molecule has 0 bridgehead atoms. The van der Waals surface area contributed by atoms with Crippen LogP contribution in [0, 0.1) is 17.9 Å². The summed E-state index contributed by atoms with van der Waals surface area (Å²) in [5, 5.41) is 0. The topological polar surface area (TPSA) is 37.4 Å². The number of benzene rings is 1. The molecule has 0 spiro atoms. The first-order chi connectivity index (χ1) is 10.6. The normalized spacial score (nSPS) is 8.17. The van der Waals surface area contributed by atoms with Gasteiger partial charge in [-0.1, -0.05) is 5.69 Å². The molecule has 0 aliphatic heterocycles. The van der Waals surface area contributed by atoms with Gasteiger partial charge in [0.2, 0.25) is 0 Å². The third kappa shape index (κ3) is 60.9. The summed E-state index contributed by atoms with van der Waals surface area (Å²) in [5.41, 5.74) is 1.22. The quantitative estimate of drug-likeness (QED) is 0.263. The van der Waals surface area contributed by atoms with Crippen LogP contribution >= 0.6 is 27.4 Å². The molecule has 0 aliphatic carbocycles. The van der Waals surface area contributed by atoms with Crippen molar-refractivity contribution in [2.24, 2.45) is 0 Å². The molecule has 0 unspecified atom stereocenters. The molecular weight excluding hydrogens is 446 g/mol. The summed E-state index contributed by atoms with van der Waals surface area (Å²) in [6.45, 7) is 12.5. The molecule has 0 aromatic heterocycles. The van der Waals surface area contributed by atoms with E-state index < -0.39 is 8.34 Å². The number of anilines is 1. The van der Waals surface area contributed by atoms with Crippen LogP contribution in [0.2, 0.25) is 0 Å². The molecule has 0 aliphatic rings. The first-order valence-electron chi connectivity index (χ1n) is 6.59. The number of halogens is 2. The first kappa shape index (κ1) is 31.0. The Labute approximate surface area is 160 Å². The van der Waals surface area contributed by atoms with Gasteiger partial charge in [0.25, 0.3) is 0 Å². The SMILES string of the molecule is CN(C)c1cc[c-]cc1.C[C-](C)C.C[C-](C)C.O=[PH]=O.[Cl][Pd][Cl]. The zero-order valence-electron chi connectivity index (χ0n) is 15.1. The van der Waals surface area contributed by atoms with E-state index in [0.717, 1.165) is 0 Å². The Bertz CT molecular complexity index is 336. The second-order valence-electron chi connectivity index (χ2n) is 5.28. The Morgan fingerprint density at radius 3 is 1.30 bits per heavy atom. The van der Waals surface area contributed by atoms with E-state index in [-0.39, 0.29) is 15.9 Å². The van der Waals surface area contributed by atoms with Crippen LogP contribution in [0.3, 0.4) is 0 Å². The van der Waals surface area contributed by atoms with E-state index >= 15 is 0 Å². The summed E-state index contributed by atoms with van der Waals surface area (Å²) in [6.07, 6.45) is 0. The van der Waals surface area contributed by atoms with E-state index in [4.69, 9.17) is 28.2 Å². The molecule has 1 rings (SSSR count). The average molecular weight is 476 g/mol. The Morgan fingerprint density at radius 1 is 0.957 bits per heavy atom. The van der Waals surface area contributed by atoms with Crippen LogP contribution in [0.5, 0.6) is 0 Å². The van der Waals surface area contributed by atoms with E-state index in [1.165, 1.54) is 17.5 Å². The molecule has 23 heavy (non-hydrogen) atoms. The number of hydrogen-bond donors (Lipinski definition) is 0. The fourth-order valence-corrected chi connectivity index (χ4v) is 0.676. The van der Waals surface area contributed by atoms with Gasteiger partial charge >= 0.3 is 43.3 Å². The van der Waals surface area contributed by atoms with E-state index in [1.54, 1.807) is 0 Å². The van der Waals surface area contributed by atoms with Gasteiger partial charge in [-0.05, 0) is 0 Å². The predicted molar refractivity (Wildman–Crippen MR) is 102 cm³/mol. The van der Waals surface area contributed by atoms with E-state index in [2.05, 4.69) is 52.5 Å². The molecule has 3 nitrogen and oxygen atoms in total. The van der Waals surface area contributed by atoms with Gasteiger partial charge in [0, 0.05) is 14.1 Å². The molecule has 0 fully saturated rings. The summed E-state index contributed by atoms with van der Waals surface area (Å²) >= 11 is -0.106.